The van der Waals surface area contributed by atoms with E-state index in [0.717, 1.165) is 36.2 Å². The molecule has 0 unspecified atom stereocenters. The van der Waals surface area contributed by atoms with Crippen molar-refractivity contribution in [1.29, 1.82) is 0 Å². The van der Waals surface area contributed by atoms with Crippen LogP contribution in [0.25, 0.3) is 0 Å². The smallest absolute Gasteiger partial charge is 0.129 e. The lowest BCUT2D eigenvalue weighted by molar-refractivity contribution is 0.606. The van der Waals surface area contributed by atoms with Crippen molar-refractivity contribution in [3.63, 3.8) is 0 Å². The maximum absolute atomic E-state index is 13.4. The van der Waals surface area contributed by atoms with Crippen molar-refractivity contribution in [3.05, 3.63) is 46.8 Å². The van der Waals surface area contributed by atoms with Crippen LogP contribution in [-0.2, 0) is 6.54 Å². The van der Waals surface area contributed by atoms with Gasteiger partial charge in [0.15, 0.2) is 0 Å². The summed E-state index contributed by atoms with van der Waals surface area (Å²) in [6.07, 6.45) is 0.985. The summed E-state index contributed by atoms with van der Waals surface area (Å²) >= 11 is 0. The third-order valence-corrected chi connectivity index (χ3v) is 2.55. The molecule has 2 heteroatoms. The van der Waals surface area contributed by atoms with Gasteiger partial charge in [-0.15, -0.1) is 6.58 Å². The normalized spacial score (nSPS) is 10.5. The summed E-state index contributed by atoms with van der Waals surface area (Å²) in [4.78, 5) is 0. The van der Waals surface area contributed by atoms with Crippen molar-refractivity contribution < 1.29 is 4.39 Å². The number of nitrogens with one attached hydrogen (secondary N) is 1. The third kappa shape index (κ3) is 3.78. The van der Waals surface area contributed by atoms with Gasteiger partial charge in [0.25, 0.3) is 0 Å². The highest BCUT2D eigenvalue weighted by Crippen LogP contribution is 2.14. The van der Waals surface area contributed by atoms with E-state index in [1.165, 1.54) is 5.57 Å². The third-order valence-electron chi connectivity index (χ3n) is 2.55. The molecule has 1 aromatic carbocycles. The molecule has 1 rings (SSSR count). The Labute approximate surface area is 97.4 Å². The Kier molecular flexibility index (Phi) is 4.69. The molecule has 0 fully saturated rings. The lowest BCUT2D eigenvalue weighted by atomic mass is 10.1. The van der Waals surface area contributed by atoms with Crippen LogP contribution < -0.4 is 5.32 Å². The van der Waals surface area contributed by atoms with Crippen molar-refractivity contribution in [1.82, 2.24) is 5.32 Å². The fourth-order valence-electron chi connectivity index (χ4n) is 1.67. The van der Waals surface area contributed by atoms with Gasteiger partial charge in [0.05, 0.1) is 0 Å². The highest BCUT2D eigenvalue weighted by molar-refractivity contribution is 5.30. The first-order chi connectivity index (χ1) is 7.50. The number of hydrogen-bond acceptors (Lipinski definition) is 1. The van der Waals surface area contributed by atoms with E-state index in [1.807, 2.05) is 19.1 Å². The molecule has 0 aliphatic rings. The van der Waals surface area contributed by atoms with Crippen LogP contribution in [0.5, 0.6) is 0 Å². The van der Waals surface area contributed by atoms with Crippen LogP contribution in [0.15, 0.2) is 24.3 Å². The summed E-state index contributed by atoms with van der Waals surface area (Å²) in [7, 11) is 0. The molecule has 0 aromatic heterocycles. The lowest BCUT2D eigenvalue weighted by Crippen LogP contribution is -2.15. The molecule has 1 N–H and O–H groups in total. The van der Waals surface area contributed by atoms with Gasteiger partial charge in [-0.2, -0.15) is 0 Å². The Morgan fingerprint density at radius 1 is 1.31 bits per heavy atom. The van der Waals surface area contributed by atoms with Crippen LogP contribution in [0.2, 0.25) is 0 Å². The Bertz CT molecular complexity index is 359. The first-order valence-electron chi connectivity index (χ1n) is 5.61. The van der Waals surface area contributed by atoms with E-state index in [-0.39, 0.29) is 5.82 Å². The Morgan fingerprint density at radius 3 is 2.38 bits per heavy atom. The fourth-order valence-corrected chi connectivity index (χ4v) is 1.67. The summed E-state index contributed by atoms with van der Waals surface area (Å²) in [5.41, 5.74) is 3.76. The minimum atomic E-state index is -0.0920. The number of hydrogen-bond donors (Lipinski definition) is 1. The van der Waals surface area contributed by atoms with Gasteiger partial charge >= 0.3 is 0 Å². The van der Waals surface area contributed by atoms with Crippen LogP contribution in [-0.4, -0.2) is 6.54 Å². The zero-order valence-corrected chi connectivity index (χ0v) is 10.4. The van der Waals surface area contributed by atoms with Crippen molar-refractivity contribution in [2.45, 2.75) is 33.7 Å². The average molecular weight is 221 g/mol. The second kappa shape index (κ2) is 5.80. The molecule has 16 heavy (non-hydrogen) atoms. The molecule has 0 spiro atoms. The molecule has 0 amide bonds. The Hall–Kier alpha value is -1.15. The van der Waals surface area contributed by atoms with E-state index in [1.54, 1.807) is 13.8 Å². The predicted molar refractivity (Wildman–Crippen MR) is 67.0 cm³/mol. The molecule has 0 radical (unpaired) electrons. The largest absolute Gasteiger partial charge is 0.312 e. The quantitative estimate of drug-likeness (QED) is 0.592. The molecule has 0 saturated carbocycles. The molecule has 88 valence electrons. The summed E-state index contributed by atoms with van der Waals surface area (Å²) < 4.78 is 13.4. The molecule has 0 atom stereocenters. The lowest BCUT2D eigenvalue weighted by Gasteiger charge is -2.08. The zero-order valence-electron chi connectivity index (χ0n) is 10.4. The predicted octanol–water partition coefficient (Wildman–Crippen LogP) is 3.50. The fraction of sp³-hybridized carbons (Fsp3) is 0.429. The molecule has 0 saturated heterocycles. The second-order valence-corrected chi connectivity index (χ2v) is 4.43. The minimum Gasteiger partial charge on any atom is -0.312 e. The van der Waals surface area contributed by atoms with Crippen molar-refractivity contribution in [2.24, 2.45) is 0 Å². The van der Waals surface area contributed by atoms with Gasteiger partial charge in [0, 0.05) is 6.54 Å². The van der Waals surface area contributed by atoms with Crippen LogP contribution in [0.1, 0.15) is 30.0 Å². The van der Waals surface area contributed by atoms with Crippen LogP contribution in [0.4, 0.5) is 4.39 Å². The van der Waals surface area contributed by atoms with E-state index < -0.39 is 0 Å². The van der Waals surface area contributed by atoms with Gasteiger partial charge in [-0.25, -0.2) is 4.39 Å². The van der Waals surface area contributed by atoms with Gasteiger partial charge in [0.2, 0.25) is 0 Å². The Morgan fingerprint density at radius 2 is 1.88 bits per heavy atom. The average Bonchev–Trinajstić information content (AvgIpc) is 2.20. The minimum absolute atomic E-state index is 0.0920. The molecule has 1 nitrogen and oxygen atoms in total. The van der Waals surface area contributed by atoms with Gasteiger partial charge in [-0.05, 0) is 50.4 Å². The highest BCUT2D eigenvalue weighted by atomic mass is 19.1. The van der Waals surface area contributed by atoms with Crippen molar-refractivity contribution >= 4 is 0 Å². The summed E-state index contributed by atoms with van der Waals surface area (Å²) in [5, 5.41) is 3.32. The van der Waals surface area contributed by atoms with Gasteiger partial charge in [-0.3, -0.25) is 0 Å². The van der Waals surface area contributed by atoms with E-state index in [9.17, 15) is 4.39 Å². The number of benzene rings is 1. The summed E-state index contributed by atoms with van der Waals surface area (Å²) in [6.45, 7) is 11.2. The standard InChI is InChI=1S/C14H20FN/c1-10(2)5-6-16-9-13-7-11(3)14(15)12(4)8-13/h7-8,16H,1,5-6,9H2,2-4H3. The summed E-state index contributed by atoms with van der Waals surface area (Å²) in [6, 6.07) is 3.80. The number of halogens is 1. The van der Waals surface area contributed by atoms with Gasteiger partial charge in [-0.1, -0.05) is 17.7 Å². The number of rotatable bonds is 5. The number of aryl methyl sites for hydroxylation is 2. The molecule has 0 bridgehead atoms. The van der Waals surface area contributed by atoms with E-state index >= 15 is 0 Å². The van der Waals surface area contributed by atoms with Crippen molar-refractivity contribution in [3.8, 4) is 0 Å². The SMILES string of the molecule is C=C(C)CCNCc1cc(C)c(F)c(C)c1. The first kappa shape index (κ1) is 12.9. The topological polar surface area (TPSA) is 12.0 Å². The Balaban J connectivity index is 2.52. The maximum Gasteiger partial charge on any atom is 0.129 e. The highest BCUT2D eigenvalue weighted by Gasteiger charge is 2.03. The van der Waals surface area contributed by atoms with E-state index in [0.29, 0.717) is 0 Å². The maximum atomic E-state index is 13.4. The van der Waals surface area contributed by atoms with Crippen LogP contribution in [0, 0.1) is 19.7 Å². The second-order valence-electron chi connectivity index (χ2n) is 4.43. The molecule has 0 aliphatic heterocycles. The molecule has 0 aliphatic carbocycles. The summed E-state index contributed by atoms with van der Waals surface area (Å²) in [5.74, 6) is -0.0920. The molecule has 0 heterocycles. The van der Waals surface area contributed by atoms with E-state index in [2.05, 4.69) is 11.9 Å². The zero-order chi connectivity index (χ0) is 12.1. The molecular formula is C14H20FN. The van der Waals surface area contributed by atoms with E-state index in [4.69, 9.17) is 0 Å². The van der Waals surface area contributed by atoms with Gasteiger partial charge < -0.3 is 5.32 Å². The van der Waals surface area contributed by atoms with Crippen molar-refractivity contribution in [2.75, 3.05) is 6.54 Å². The van der Waals surface area contributed by atoms with Gasteiger partial charge in [0.1, 0.15) is 5.82 Å². The monoisotopic (exact) mass is 221 g/mol. The molecular weight excluding hydrogens is 201 g/mol. The first-order valence-corrected chi connectivity index (χ1v) is 5.61. The van der Waals surface area contributed by atoms with Crippen LogP contribution >= 0.6 is 0 Å². The molecule has 1 aromatic rings. The van der Waals surface area contributed by atoms with Crippen LogP contribution in [0.3, 0.4) is 0 Å².